The van der Waals surface area contributed by atoms with Crippen LogP contribution < -0.4 is 9.47 Å². The average molecular weight is 375 g/mol. The number of ether oxygens (including phenoxy) is 2. The summed E-state index contributed by atoms with van der Waals surface area (Å²) in [5, 5.41) is 4.39. The first-order chi connectivity index (χ1) is 13.7. The van der Waals surface area contributed by atoms with Gasteiger partial charge in [-0.15, -0.1) is 0 Å². The van der Waals surface area contributed by atoms with Crippen LogP contribution in [0.4, 0.5) is 0 Å². The molecule has 0 aliphatic carbocycles. The first-order valence-corrected chi connectivity index (χ1v) is 10.3. The normalized spacial score (nSPS) is 11.9. The van der Waals surface area contributed by atoms with Crippen LogP contribution in [0.5, 0.6) is 11.5 Å². The maximum atomic E-state index is 6.21. The lowest BCUT2D eigenvalue weighted by molar-refractivity contribution is 0.481. The Balaban J connectivity index is 2.28. The van der Waals surface area contributed by atoms with Crippen molar-refractivity contribution < 1.29 is 9.47 Å². The van der Waals surface area contributed by atoms with Crippen LogP contribution in [0.2, 0.25) is 0 Å². The highest BCUT2D eigenvalue weighted by Gasteiger charge is 2.18. The van der Waals surface area contributed by atoms with Crippen molar-refractivity contribution in [3.05, 3.63) is 72.2 Å². The topological polar surface area (TPSA) is 18.5 Å². The van der Waals surface area contributed by atoms with Crippen molar-refractivity contribution >= 4 is 21.5 Å². The minimum absolute atomic E-state index is 0.907. The van der Waals surface area contributed by atoms with Crippen LogP contribution in [0.25, 0.3) is 21.5 Å². The highest BCUT2D eigenvalue weighted by Crippen LogP contribution is 2.45. The van der Waals surface area contributed by atoms with E-state index < -0.39 is 0 Å². The molecule has 0 spiro atoms. The van der Waals surface area contributed by atoms with Crippen molar-refractivity contribution in [2.24, 2.45) is 0 Å². The Morgan fingerprint density at radius 2 is 1.11 bits per heavy atom. The molecule has 0 saturated heterocycles. The summed E-state index contributed by atoms with van der Waals surface area (Å²) in [7, 11) is 0. The lowest BCUT2D eigenvalue weighted by atomic mass is 9.95. The summed E-state index contributed by atoms with van der Waals surface area (Å²) in [5.41, 5.74) is 2.37. The summed E-state index contributed by atoms with van der Waals surface area (Å²) < 4.78 is 12.4. The van der Waals surface area contributed by atoms with E-state index in [0.717, 1.165) is 58.7 Å². The lowest BCUT2D eigenvalue weighted by Gasteiger charge is -2.18. The van der Waals surface area contributed by atoms with Gasteiger partial charge >= 0.3 is 0 Å². The molecule has 0 bridgehead atoms. The van der Waals surface area contributed by atoms with E-state index in [1.807, 2.05) is 12.5 Å². The number of unbranched alkanes of at least 4 members (excludes halogenated alkanes) is 2. The second-order valence-corrected chi connectivity index (χ2v) is 7.21. The zero-order valence-electron chi connectivity index (χ0n) is 17.4. The van der Waals surface area contributed by atoms with Crippen molar-refractivity contribution in [1.82, 2.24) is 0 Å². The van der Waals surface area contributed by atoms with Crippen molar-refractivity contribution in [3.63, 3.8) is 0 Å². The number of rotatable bonds is 8. The number of benzene rings is 3. The fourth-order valence-electron chi connectivity index (χ4n) is 3.53. The molecule has 3 rings (SSSR count). The first kappa shape index (κ1) is 20.0. The van der Waals surface area contributed by atoms with Gasteiger partial charge < -0.3 is 9.47 Å². The van der Waals surface area contributed by atoms with Crippen molar-refractivity contribution in [2.75, 3.05) is 0 Å². The molecular formula is C26H30O2. The molecule has 0 unspecified atom stereocenters. The quantitative estimate of drug-likeness (QED) is 0.294. The largest absolute Gasteiger partial charge is 0.464 e. The summed E-state index contributed by atoms with van der Waals surface area (Å²) in [6.45, 7) is 8.59. The smallest absolute Gasteiger partial charge is 0.142 e. The van der Waals surface area contributed by atoms with E-state index in [9.17, 15) is 0 Å². The minimum atomic E-state index is 0.907. The molecule has 3 aromatic carbocycles. The molecule has 0 N–H and O–H groups in total. The van der Waals surface area contributed by atoms with Gasteiger partial charge in [0.15, 0.2) is 0 Å². The van der Waals surface area contributed by atoms with E-state index in [0.29, 0.717) is 0 Å². The molecule has 0 heterocycles. The Hall–Kier alpha value is -2.74. The molecule has 3 aromatic rings. The Morgan fingerprint density at radius 1 is 0.679 bits per heavy atom. The third kappa shape index (κ3) is 4.06. The predicted molar refractivity (Wildman–Crippen MR) is 120 cm³/mol. The lowest BCUT2D eigenvalue weighted by Crippen LogP contribution is -1.95. The Bertz CT molecular complexity index is 929. The summed E-state index contributed by atoms with van der Waals surface area (Å²) in [6.07, 6.45) is 12.1. The number of fused-ring (bicyclic) bond motifs is 2. The van der Waals surface area contributed by atoms with Crippen LogP contribution in [-0.4, -0.2) is 0 Å². The van der Waals surface area contributed by atoms with Gasteiger partial charge in [0.1, 0.15) is 11.5 Å². The van der Waals surface area contributed by atoms with Crippen LogP contribution in [0.15, 0.2) is 61.1 Å². The monoisotopic (exact) mass is 374 g/mol. The second-order valence-electron chi connectivity index (χ2n) is 7.21. The second kappa shape index (κ2) is 9.45. The number of allylic oxidation sites excluding steroid dienone is 2. The van der Waals surface area contributed by atoms with E-state index in [-0.39, 0.29) is 0 Å². The summed E-state index contributed by atoms with van der Waals surface area (Å²) in [4.78, 5) is 0. The van der Waals surface area contributed by atoms with Gasteiger partial charge in [-0.05, 0) is 50.0 Å². The SMILES string of the molecule is CCC/C=C\Oc1c2cccc(C)c2c(O/C=C\CCC)c2cccc(C)c12. The number of hydrogen-bond donors (Lipinski definition) is 0. The molecule has 2 heteroatoms. The molecule has 0 radical (unpaired) electrons. The van der Waals surface area contributed by atoms with Gasteiger partial charge in [0.05, 0.1) is 12.5 Å². The Morgan fingerprint density at radius 3 is 1.50 bits per heavy atom. The molecule has 0 saturated carbocycles. The van der Waals surface area contributed by atoms with Gasteiger partial charge in [-0.2, -0.15) is 0 Å². The van der Waals surface area contributed by atoms with Gasteiger partial charge in [0.25, 0.3) is 0 Å². The summed E-state index contributed by atoms with van der Waals surface area (Å²) in [5.74, 6) is 1.81. The van der Waals surface area contributed by atoms with Crippen LogP contribution in [-0.2, 0) is 0 Å². The van der Waals surface area contributed by atoms with Crippen LogP contribution in [0.1, 0.15) is 50.7 Å². The molecule has 0 fully saturated rings. The van der Waals surface area contributed by atoms with Crippen molar-refractivity contribution in [3.8, 4) is 11.5 Å². The third-order valence-corrected chi connectivity index (χ3v) is 4.96. The maximum Gasteiger partial charge on any atom is 0.142 e. The summed E-state index contributed by atoms with van der Waals surface area (Å²) >= 11 is 0. The molecule has 0 amide bonds. The van der Waals surface area contributed by atoms with Gasteiger partial charge in [0, 0.05) is 21.5 Å². The van der Waals surface area contributed by atoms with E-state index >= 15 is 0 Å². The molecule has 146 valence electrons. The van der Waals surface area contributed by atoms with E-state index in [1.54, 1.807) is 0 Å². The fourth-order valence-corrected chi connectivity index (χ4v) is 3.53. The van der Waals surface area contributed by atoms with Crippen molar-refractivity contribution in [2.45, 2.75) is 53.4 Å². The highest BCUT2D eigenvalue weighted by molar-refractivity contribution is 6.13. The molecule has 0 aliphatic rings. The Labute approximate surface area is 168 Å². The number of hydrogen-bond acceptors (Lipinski definition) is 2. The van der Waals surface area contributed by atoms with E-state index in [4.69, 9.17) is 9.47 Å². The van der Waals surface area contributed by atoms with E-state index in [2.05, 4.69) is 76.2 Å². The average Bonchev–Trinajstić information content (AvgIpc) is 2.69. The zero-order chi connectivity index (χ0) is 19.9. The molecule has 0 aromatic heterocycles. The summed E-state index contributed by atoms with van der Waals surface area (Å²) in [6, 6.07) is 12.7. The van der Waals surface area contributed by atoms with Gasteiger partial charge in [-0.25, -0.2) is 0 Å². The first-order valence-electron chi connectivity index (χ1n) is 10.3. The van der Waals surface area contributed by atoms with Crippen LogP contribution in [0.3, 0.4) is 0 Å². The molecule has 28 heavy (non-hydrogen) atoms. The van der Waals surface area contributed by atoms with Crippen molar-refractivity contribution in [1.29, 1.82) is 0 Å². The number of aryl methyl sites for hydroxylation is 2. The maximum absolute atomic E-state index is 6.21. The molecule has 0 atom stereocenters. The molecule has 2 nitrogen and oxygen atoms in total. The fraction of sp³-hybridized carbons (Fsp3) is 0.308. The van der Waals surface area contributed by atoms with E-state index in [1.165, 1.54) is 11.1 Å². The molecule has 0 aliphatic heterocycles. The van der Waals surface area contributed by atoms with Crippen LogP contribution >= 0.6 is 0 Å². The Kier molecular flexibility index (Phi) is 6.76. The van der Waals surface area contributed by atoms with Gasteiger partial charge in [0.2, 0.25) is 0 Å². The van der Waals surface area contributed by atoms with Gasteiger partial charge in [-0.3, -0.25) is 0 Å². The standard InChI is InChI=1S/C26H30O2/c1-5-7-9-17-27-25-21-15-11-14-20(4)24(21)26(28-18-10-8-6-2)22-16-12-13-19(3)23(22)25/h9-18H,5-8H2,1-4H3/b17-9-,18-10-. The predicted octanol–water partition coefficient (Wildman–Crippen LogP) is 8.00. The minimum Gasteiger partial charge on any atom is -0.464 e. The van der Waals surface area contributed by atoms with Crippen LogP contribution in [0, 0.1) is 13.8 Å². The molecular weight excluding hydrogens is 344 g/mol. The zero-order valence-corrected chi connectivity index (χ0v) is 17.4. The highest BCUT2D eigenvalue weighted by atomic mass is 16.5. The third-order valence-electron chi connectivity index (χ3n) is 4.96. The van der Waals surface area contributed by atoms with Gasteiger partial charge in [-0.1, -0.05) is 63.1 Å².